The van der Waals surface area contributed by atoms with Gasteiger partial charge in [0.2, 0.25) is 5.88 Å². The monoisotopic (exact) mass is 328 g/mol. The van der Waals surface area contributed by atoms with Crippen molar-refractivity contribution in [2.45, 2.75) is 26.9 Å². The van der Waals surface area contributed by atoms with Gasteiger partial charge in [-0.25, -0.2) is 9.78 Å². The van der Waals surface area contributed by atoms with Gasteiger partial charge in [0.15, 0.2) is 0 Å². The van der Waals surface area contributed by atoms with E-state index in [2.05, 4.69) is 16.0 Å². The van der Waals surface area contributed by atoms with E-state index in [1.54, 1.807) is 20.2 Å². The van der Waals surface area contributed by atoms with Crippen molar-refractivity contribution in [2.75, 3.05) is 13.7 Å². The Morgan fingerprint density at radius 1 is 1.33 bits per heavy atom. The Balaban J connectivity index is 2.14. The summed E-state index contributed by atoms with van der Waals surface area (Å²) in [5.41, 5.74) is 3.75. The van der Waals surface area contributed by atoms with E-state index in [-0.39, 0.29) is 18.6 Å². The number of aromatic amines is 1. The van der Waals surface area contributed by atoms with E-state index in [1.807, 2.05) is 26.0 Å². The summed E-state index contributed by atoms with van der Waals surface area (Å²) in [5, 5.41) is 2.02. The Kier molecular flexibility index (Phi) is 4.40. The largest absolute Gasteiger partial charge is 0.515 e. The number of nitrogens with zero attached hydrogens (tertiary/aromatic N) is 1. The van der Waals surface area contributed by atoms with Crippen LogP contribution in [0, 0.1) is 6.92 Å². The summed E-state index contributed by atoms with van der Waals surface area (Å²) in [6.45, 7) is 5.86. The molecule has 24 heavy (non-hydrogen) atoms. The third-order valence-corrected chi connectivity index (χ3v) is 4.12. The van der Waals surface area contributed by atoms with Gasteiger partial charge in [-0.05, 0) is 38.5 Å². The maximum atomic E-state index is 11.6. The zero-order valence-electron chi connectivity index (χ0n) is 14.2. The van der Waals surface area contributed by atoms with Gasteiger partial charge in [-0.2, -0.15) is 0 Å². The first-order valence-corrected chi connectivity index (χ1v) is 7.83. The number of aryl methyl sites for hydroxylation is 1. The number of hydrogen-bond acceptors (Lipinski definition) is 5. The van der Waals surface area contributed by atoms with E-state index >= 15 is 0 Å². The lowest BCUT2D eigenvalue weighted by Crippen LogP contribution is -2.11. The van der Waals surface area contributed by atoms with Crippen LogP contribution in [-0.2, 0) is 9.47 Å². The summed E-state index contributed by atoms with van der Waals surface area (Å²) < 4.78 is 15.4. The van der Waals surface area contributed by atoms with Crippen LogP contribution in [0.25, 0.3) is 21.8 Å². The predicted molar refractivity (Wildman–Crippen MR) is 91.4 cm³/mol. The quantitative estimate of drug-likeness (QED) is 0.724. The van der Waals surface area contributed by atoms with Gasteiger partial charge in [-0.3, -0.25) is 0 Å². The first kappa shape index (κ1) is 16.3. The van der Waals surface area contributed by atoms with Crippen molar-refractivity contribution in [2.24, 2.45) is 0 Å². The first-order valence-electron chi connectivity index (χ1n) is 7.83. The second-order valence-electron chi connectivity index (χ2n) is 5.57. The molecule has 0 saturated heterocycles. The minimum Gasteiger partial charge on any atom is -0.434 e. The lowest BCUT2D eigenvalue weighted by molar-refractivity contribution is 0.102. The highest BCUT2D eigenvalue weighted by Crippen LogP contribution is 2.33. The van der Waals surface area contributed by atoms with Crippen molar-refractivity contribution in [3.63, 3.8) is 0 Å². The number of carbonyl (C=O) groups excluding carboxylic acids is 1. The highest BCUT2D eigenvalue weighted by molar-refractivity contribution is 6.09. The Morgan fingerprint density at radius 2 is 2.12 bits per heavy atom. The van der Waals surface area contributed by atoms with Crippen LogP contribution in [0.4, 0.5) is 4.79 Å². The summed E-state index contributed by atoms with van der Waals surface area (Å²) in [5.74, 6) is 0.257. The number of benzene rings is 1. The maximum absolute atomic E-state index is 11.6. The van der Waals surface area contributed by atoms with Crippen molar-refractivity contribution < 1.29 is 19.0 Å². The topological polar surface area (TPSA) is 73.4 Å². The summed E-state index contributed by atoms with van der Waals surface area (Å²) in [6.07, 6.45) is 0.911. The normalized spacial score (nSPS) is 12.5. The number of carbonyl (C=O) groups is 1. The molecule has 0 saturated carbocycles. The predicted octanol–water partition coefficient (Wildman–Crippen LogP) is 4.27. The summed E-state index contributed by atoms with van der Waals surface area (Å²) in [6, 6.07) is 6.14. The van der Waals surface area contributed by atoms with E-state index in [9.17, 15) is 4.79 Å². The fourth-order valence-electron chi connectivity index (χ4n) is 2.78. The molecule has 2 aromatic heterocycles. The second-order valence-corrected chi connectivity index (χ2v) is 5.57. The maximum Gasteiger partial charge on any atom is 0.515 e. The molecule has 126 valence electrons. The van der Waals surface area contributed by atoms with Crippen LogP contribution >= 0.6 is 0 Å². The lowest BCUT2D eigenvalue weighted by Gasteiger charge is -2.10. The molecule has 0 spiro atoms. The number of fused-ring (bicyclic) bond motifs is 3. The molecule has 0 radical (unpaired) electrons. The van der Waals surface area contributed by atoms with Gasteiger partial charge < -0.3 is 19.2 Å². The Morgan fingerprint density at radius 3 is 2.83 bits per heavy atom. The van der Waals surface area contributed by atoms with Crippen molar-refractivity contribution in [3.8, 4) is 5.88 Å². The first-order chi connectivity index (χ1) is 11.5. The van der Waals surface area contributed by atoms with Crippen LogP contribution in [0.3, 0.4) is 0 Å². The van der Waals surface area contributed by atoms with Gasteiger partial charge in [0.25, 0.3) is 0 Å². The molecule has 0 fully saturated rings. The fourth-order valence-corrected chi connectivity index (χ4v) is 2.78. The van der Waals surface area contributed by atoms with Crippen molar-refractivity contribution in [3.05, 3.63) is 35.5 Å². The number of H-pyrrole nitrogens is 1. The molecule has 6 heteroatoms. The van der Waals surface area contributed by atoms with Gasteiger partial charge in [-0.1, -0.05) is 6.07 Å². The zero-order chi connectivity index (χ0) is 17.3. The number of pyridine rings is 1. The van der Waals surface area contributed by atoms with Gasteiger partial charge in [-0.15, -0.1) is 0 Å². The molecule has 0 amide bonds. The molecule has 1 atom stereocenters. The lowest BCUT2D eigenvalue weighted by atomic mass is 10.0. The van der Waals surface area contributed by atoms with E-state index in [0.717, 1.165) is 32.9 Å². The highest BCUT2D eigenvalue weighted by atomic mass is 16.7. The zero-order valence-corrected chi connectivity index (χ0v) is 14.2. The number of aromatic nitrogens is 2. The average molecular weight is 328 g/mol. The molecular weight excluding hydrogens is 308 g/mol. The molecule has 2 heterocycles. The summed E-state index contributed by atoms with van der Waals surface area (Å²) in [4.78, 5) is 19.1. The molecule has 3 rings (SSSR count). The smallest absolute Gasteiger partial charge is 0.434 e. The number of methoxy groups -OCH3 is 1. The number of nitrogens with one attached hydrogen (secondary N) is 1. The van der Waals surface area contributed by atoms with Gasteiger partial charge in [0.1, 0.15) is 0 Å². The van der Waals surface area contributed by atoms with E-state index in [4.69, 9.17) is 14.2 Å². The fraction of sp³-hybridized carbons (Fsp3) is 0.333. The van der Waals surface area contributed by atoms with Gasteiger partial charge >= 0.3 is 6.16 Å². The Labute approximate surface area is 139 Å². The standard InChI is InChI=1S/C18H20N2O4/c1-5-23-18(21)24-17-10(2)16-13-8-12(11(3)22-4)6-7-14(13)20-15(16)9-19-17/h6-9,11,20H,5H2,1-4H3. The number of hydrogen-bond donors (Lipinski definition) is 1. The average Bonchev–Trinajstić information content (AvgIpc) is 2.95. The Bertz CT molecular complexity index is 901. The molecule has 0 aliphatic rings. The third kappa shape index (κ3) is 2.80. The van der Waals surface area contributed by atoms with Crippen molar-refractivity contribution in [1.29, 1.82) is 0 Å². The molecule has 1 unspecified atom stereocenters. The molecule has 6 nitrogen and oxygen atoms in total. The van der Waals surface area contributed by atoms with E-state index < -0.39 is 6.16 Å². The molecule has 0 aliphatic heterocycles. The van der Waals surface area contributed by atoms with Crippen LogP contribution in [-0.4, -0.2) is 29.8 Å². The van der Waals surface area contributed by atoms with Crippen LogP contribution in [0.1, 0.15) is 31.1 Å². The second kappa shape index (κ2) is 6.49. The molecule has 1 N–H and O–H groups in total. The SMILES string of the molecule is CCOC(=O)Oc1ncc2[nH]c3ccc(C(C)OC)cc3c2c1C. The summed E-state index contributed by atoms with van der Waals surface area (Å²) >= 11 is 0. The summed E-state index contributed by atoms with van der Waals surface area (Å²) in [7, 11) is 1.69. The van der Waals surface area contributed by atoms with E-state index in [1.165, 1.54) is 0 Å². The molecule has 0 aliphatic carbocycles. The molecule has 1 aromatic carbocycles. The van der Waals surface area contributed by atoms with Crippen LogP contribution in [0.15, 0.2) is 24.4 Å². The number of ether oxygens (including phenoxy) is 3. The number of rotatable bonds is 4. The third-order valence-electron chi connectivity index (χ3n) is 4.12. The minimum atomic E-state index is -0.749. The van der Waals surface area contributed by atoms with Crippen LogP contribution in [0.2, 0.25) is 0 Å². The van der Waals surface area contributed by atoms with Crippen molar-refractivity contribution in [1.82, 2.24) is 9.97 Å². The molecule has 0 bridgehead atoms. The molecular formula is C18H20N2O4. The van der Waals surface area contributed by atoms with Gasteiger partial charge in [0, 0.05) is 29.0 Å². The van der Waals surface area contributed by atoms with Gasteiger partial charge in [0.05, 0.1) is 24.4 Å². The van der Waals surface area contributed by atoms with Crippen LogP contribution in [0.5, 0.6) is 5.88 Å². The van der Waals surface area contributed by atoms with E-state index in [0.29, 0.717) is 0 Å². The Hall–Kier alpha value is -2.60. The van der Waals surface area contributed by atoms with Crippen molar-refractivity contribution >= 4 is 28.0 Å². The molecule has 3 aromatic rings. The highest BCUT2D eigenvalue weighted by Gasteiger charge is 2.16. The van der Waals surface area contributed by atoms with Crippen LogP contribution < -0.4 is 4.74 Å². The minimum absolute atomic E-state index is 0.00301.